The monoisotopic (exact) mass is 397 g/mol. The van der Waals surface area contributed by atoms with Gasteiger partial charge in [-0.2, -0.15) is 0 Å². The molecule has 0 radical (unpaired) electrons. The highest BCUT2D eigenvalue weighted by atomic mass is 16.4. The molecule has 0 aliphatic heterocycles. The molecule has 0 saturated carbocycles. The normalized spacial score (nSPS) is 13.9. The molecule has 3 atom stereocenters. The minimum atomic E-state index is -1.49. The molecule has 0 fully saturated rings. The quantitative estimate of drug-likeness (QED) is 0.174. The maximum absolute atomic E-state index is 12.5. The number of unbranched alkanes of at least 4 members (excludes halogenated alkanes) is 1. The zero-order chi connectivity index (χ0) is 21.1. The number of hydrogen-bond acceptors (Lipinski definition) is 7. The molecule has 10 N–H and O–H groups in total. The molecule has 1 rings (SSSR count). The summed E-state index contributed by atoms with van der Waals surface area (Å²) in [5.41, 5.74) is 17.0. The number of H-pyrrole nitrogens is 1. The van der Waals surface area contributed by atoms with Crippen molar-refractivity contribution in [1.29, 1.82) is 0 Å². The summed E-state index contributed by atoms with van der Waals surface area (Å²) in [5.74, 6) is -3.61. The van der Waals surface area contributed by atoms with Crippen molar-refractivity contribution in [3.63, 3.8) is 0 Å². The van der Waals surface area contributed by atoms with Gasteiger partial charge in [-0.15, -0.1) is 0 Å². The molecule has 156 valence electrons. The third-order valence-corrected chi connectivity index (χ3v) is 3.93. The number of nitrogens with two attached hydrogens (primary N) is 3. The fourth-order valence-electron chi connectivity index (χ4n) is 2.44. The van der Waals surface area contributed by atoms with Gasteiger partial charge >= 0.3 is 5.97 Å². The summed E-state index contributed by atoms with van der Waals surface area (Å²) in [4.78, 5) is 53.7. The second-order valence-electron chi connectivity index (χ2n) is 6.30. The molecule has 12 nitrogen and oxygen atoms in total. The Morgan fingerprint density at radius 2 is 1.82 bits per heavy atom. The Labute approximate surface area is 161 Å². The summed E-state index contributed by atoms with van der Waals surface area (Å²) in [6.07, 6.45) is 3.97. The van der Waals surface area contributed by atoms with E-state index >= 15 is 0 Å². The van der Waals surface area contributed by atoms with E-state index in [-0.39, 0.29) is 12.8 Å². The summed E-state index contributed by atoms with van der Waals surface area (Å²) in [7, 11) is 0. The number of imidazole rings is 1. The third-order valence-electron chi connectivity index (χ3n) is 3.93. The van der Waals surface area contributed by atoms with Gasteiger partial charge in [0.15, 0.2) is 0 Å². The number of carbonyl (C=O) groups excluding carboxylic acids is 3. The molecule has 0 spiro atoms. The molecule has 1 heterocycles. The lowest BCUT2D eigenvalue weighted by Crippen LogP contribution is -2.55. The second-order valence-corrected chi connectivity index (χ2v) is 6.30. The topological polar surface area (TPSA) is 219 Å². The molecule has 28 heavy (non-hydrogen) atoms. The van der Waals surface area contributed by atoms with Crippen LogP contribution in [0.25, 0.3) is 0 Å². The molecule has 1 aromatic heterocycles. The number of primary amides is 1. The Bertz CT molecular complexity index is 664. The first-order valence-corrected chi connectivity index (χ1v) is 8.79. The Morgan fingerprint density at radius 1 is 1.14 bits per heavy atom. The summed E-state index contributed by atoms with van der Waals surface area (Å²) >= 11 is 0. The Morgan fingerprint density at radius 3 is 2.36 bits per heavy atom. The van der Waals surface area contributed by atoms with E-state index in [1.807, 2.05) is 0 Å². The van der Waals surface area contributed by atoms with E-state index in [4.69, 9.17) is 22.3 Å². The van der Waals surface area contributed by atoms with Crippen molar-refractivity contribution in [2.24, 2.45) is 17.2 Å². The van der Waals surface area contributed by atoms with Crippen LogP contribution in [-0.4, -0.2) is 63.4 Å². The van der Waals surface area contributed by atoms with Crippen molar-refractivity contribution in [1.82, 2.24) is 20.6 Å². The number of aromatic amines is 1. The minimum Gasteiger partial charge on any atom is -0.480 e. The summed E-state index contributed by atoms with van der Waals surface area (Å²) in [6.45, 7) is 0.404. The third kappa shape index (κ3) is 8.14. The van der Waals surface area contributed by atoms with E-state index in [2.05, 4.69) is 20.6 Å². The van der Waals surface area contributed by atoms with Gasteiger partial charge in [-0.25, -0.2) is 9.78 Å². The van der Waals surface area contributed by atoms with Crippen LogP contribution in [0.5, 0.6) is 0 Å². The summed E-state index contributed by atoms with van der Waals surface area (Å²) < 4.78 is 0. The molecule has 0 aliphatic carbocycles. The number of nitrogens with one attached hydrogen (secondary N) is 3. The zero-order valence-electron chi connectivity index (χ0n) is 15.4. The van der Waals surface area contributed by atoms with Crippen LogP contribution in [0.2, 0.25) is 0 Å². The highest BCUT2D eigenvalue weighted by molar-refractivity contribution is 5.93. The predicted molar refractivity (Wildman–Crippen MR) is 98.5 cm³/mol. The summed E-state index contributed by atoms with van der Waals surface area (Å²) in [6, 6.07) is -3.45. The molecular weight excluding hydrogens is 370 g/mol. The van der Waals surface area contributed by atoms with E-state index < -0.39 is 48.2 Å². The van der Waals surface area contributed by atoms with Crippen LogP contribution < -0.4 is 27.8 Å². The van der Waals surface area contributed by atoms with Crippen LogP contribution >= 0.6 is 0 Å². The van der Waals surface area contributed by atoms with Crippen molar-refractivity contribution in [3.05, 3.63) is 18.2 Å². The standard InChI is InChI=1S/C16H27N7O5/c17-4-2-1-3-11(15(26)23-12(16(27)28)6-13(19)24)22-14(25)10(18)5-9-7-20-8-21-9/h7-8,10-12H,1-6,17-18H2,(H2,19,24)(H,20,21)(H,22,25)(H,23,26)(H,27,28)/t10-,11-,12-/m0/s1. The van der Waals surface area contributed by atoms with E-state index in [1.54, 1.807) is 0 Å². The Kier molecular flexibility index (Phi) is 9.60. The van der Waals surface area contributed by atoms with Gasteiger partial charge in [-0.1, -0.05) is 0 Å². The number of rotatable bonds is 13. The van der Waals surface area contributed by atoms with E-state index in [1.165, 1.54) is 12.5 Å². The maximum atomic E-state index is 12.5. The van der Waals surface area contributed by atoms with Crippen molar-refractivity contribution in [2.75, 3.05) is 6.54 Å². The lowest BCUT2D eigenvalue weighted by Gasteiger charge is -2.22. The molecule has 1 aromatic rings. The first kappa shape index (κ1) is 23.0. The fourth-order valence-corrected chi connectivity index (χ4v) is 2.44. The average molecular weight is 397 g/mol. The van der Waals surface area contributed by atoms with Gasteiger partial charge in [-0.05, 0) is 25.8 Å². The molecular formula is C16H27N7O5. The van der Waals surface area contributed by atoms with Crippen LogP contribution in [0.1, 0.15) is 31.4 Å². The van der Waals surface area contributed by atoms with Crippen LogP contribution in [0.4, 0.5) is 0 Å². The van der Waals surface area contributed by atoms with Crippen molar-refractivity contribution >= 4 is 23.7 Å². The first-order chi connectivity index (χ1) is 13.2. The number of hydrogen-bond donors (Lipinski definition) is 7. The number of aromatic nitrogens is 2. The number of carboxylic acids is 1. The van der Waals surface area contributed by atoms with Gasteiger partial charge in [0.2, 0.25) is 17.7 Å². The van der Waals surface area contributed by atoms with Crippen LogP contribution in [0.15, 0.2) is 12.5 Å². The van der Waals surface area contributed by atoms with E-state index in [0.29, 0.717) is 25.1 Å². The maximum Gasteiger partial charge on any atom is 0.326 e. The highest BCUT2D eigenvalue weighted by Crippen LogP contribution is 2.04. The smallest absolute Gasteiger partial charge is 0.326 e. The zero-order valence-corrected chi connectivity index (χ0v) is 15.4. The fraction of sp³-hybridized carbons (Fsp3) is 0.562. The van der Waals surface area contributed by atoms with Gasteiger partial charge in [0, 0.05) is 18.3 Å². The SMILES string of the molecule is NCCCC[C@H](NC(=O)[C@@H](N)Cc1cnc[nH]1)C(=O)N[C@@H](CC(N)=O)C(=O)O. The Hall–Kier alpha value is -2.99. The van der Waals surface area contributed by atoms with Gasteiger partial charge in [0.25, 0.3) is 0 Å². The average Bonchev–Trinajstić information content (AvgIpc) is 3.12. The van der Waals surface area contributed by atoms with Crippen molar-refractivity contribution in [3.8, 4) is 0 Å². The van der Waals surface area contributed by atoms with E-state index in [9.17, 15) is 19.2 Å². The first-order valence-electron chi connectivity index (χ1n) is 8.79. The van der Waals surface area contributed by atoms with Crippen LogP contribution in [0.3, 0.4) is 0 Å². The molecule has 0 bridgehead atoms. The largest absolute Gasteiger partial charge is 0.480 e. The van der Waals surface area contributed by atoms with Crippen molar-refractivity contribution < 1.29 is 24.3 Å². The number of amides is 3. The van der Waals surface area contributed by atoms with Crippen molar-refractivity contribution in [2.45, 2.75) is 50.2 Å². The number of carbonyl (C=O) groups is 4. The molecule has 0 aliphatic rings. The molecule has 0 saturated heterocycles. The lowest BCUT2D eigenvalue weighted by molar-refractivity contribution is -0.143. The second kappa shape index (κ2) is 11.7. The van der Waals surface area contributed by atoms with Gasteiger partial charge < -0.3 is 37.9 Å². The molecule has 12 heteroatoms. The van der Waals surface area contributed by atoms with E-state index in [0.717, 1.165) is 0 Å². The molecule has 0 unspecified atom stereocenters. The Balaban J connectivity index is 2.76. The predicted octanol–water partition coefficient (Wildman–Crippen LogP) is -2.66. The van der Waals surface area contributed by atoms with Crippen LogP contribution in [-0.2, 0) is 25.6 Å². The lowest BCUT2D eigenvalue weighted by atomic mass is 10.1. The van der Waals surface area contributed by atoms with Crippen LogP contribution in [0, 0.1) is 0 Å². The van der Waals surface area contributed by atoms with Gasteiger partial charge in [-0.3, -0.25) is 14.4 Å². The number of aliphatic carboxylic acids is 1. The highest BCUT2D eigenvalue weighted by Gasteiger charge is 2.28. The summed E-state index contributed by atoms with van der Waals surface area (Å²) in [5, 5.41) is 13.9. The minimum absolute atomic E-state index is 0.183. The van der Waals surface area contributed by atoms with Gasteiger partial charge in [0.05, 0.1) is 18.8 Å². The number of carboxylic acid groups (broad SMARTS) is 1. The molecule has 0 aromatic carbocycles. The van der Waals surface area contributed by atoms with Gasteiger partial charge in [0.1, 0.15) is 12.1 Å². The molecule has 3 amide bonds. The number of nitrogens with zero attached hydrogens (tertiary/aromatic N) is 1.